The van der Waals surface area contributed by atoms with Gasteiger partial charge in [-0.05, 0) is 29.7 Å². The predicted octanol–water partition coefficient (Wildman–Crippen LogP) is 2.19. The van der Waals surface area contributed by atoms with E-state index in [1.165, 1.54) is 27.3 Å². The summed E-state index contributed by atoms with van der Waals surface area (Å²) >= 11 is 0. The van der Waals surface area contributed by atoms with Crippen LogP contribution in [0.2, 0.25) is 0 Å². The first-order chi connectivity index (χ1) is 9.42. The molecule has 0 saturated heterocycles. The molecule has 1 aliphatic rings. The van der Waals surface area contributed by atoms with Crippen molar-refractivity contribution in [1.82, 2.24) is 4.98 Å². The lowest BCUT2D eigenvalue weighted by Crippen LogP contribution is -2.22. The standard InChI is InChI=1S/C17H14N2/c1-3-7-16-14(5-1)12(10-18-16)9-13-11-19-17-8-4-2-6-15(13)17/h1-8,10,18H,9,11H2. The molecule has 92 valence electrons. The van der Waals surface area contributed by atoms with Gasteiger partial charge in [0.1, 0.15) is 0 Å². The first-order valence-electron chi connectivity index (χ1n) is 6.58. The third kappa shape index (κ3) is 1.68. The van der Waals surface area contributed by atoms with Crippen LogP contribution >= 0.6 is 0 Å². The zero-order valence-corrected chi connectivity index (χ0v) is 10.6. The van der Waals surface area contributed by atoms with Crippen LogP contribution in [0.15, 0.2) is 59.7 Å². The van der Waals surface area contributed by atoms with Crippen LogP contribution in [0.25, 0.3) is 16.5 Å². The maximum Gasteiger partial charge on any atom is 0.0650 e. The fraction of sp³-hybridized carbons (Fsp3) is 0.118. The summed E-state index contributed by atoms with van der Waals surface area (Å²) in [5, 5.41) is 3.77. The van der Waals surface area contributed by atoms with Crippen LogP contribution in [-0.4, -0.2) is 11.5 Å². The smallest absolute Gasteiger partial charge is 0.0650 e. The van der Waals surface area contributed by atoms with Crippen LogP contribution in [-0.2, 0) is 6.42 Å². The molecule has 0 bridgehead atoms. The van der Waals surface area contributed by atoms with Gasteiger partial charge in [-0.15, -0.1) is 0 Å². The largest absolute Gasteiger partial charge is 0.361 e. The zero-order chi connectivity index (χ0) is 12.7. The molecular formula is C17H14N2. The Hall–Kier alpha value is -2.35. The number of fused-ring (bicyclic) bond motifs is 2. The molecule has 0 atom stereocenters. The van der Waals surface area contributed by atoms with Crippen LogP contribution in [0, 0.1) is 0 Å². The third-order valence-electron chi connectivity index (χ3n) is 3.80. The van der Waals surface area contributed by atoms with Gasteiger partial charge in [0.25, 0.3) is 0 Å². The molecule has 0 spiro atoms. The van der Waals surface area contributed by atoms with Gasteiger partial charge in [-0.25, -0.2) is 0 Å². The minimum absolute atomic E-state index is 0.832. The zero-order valence-electron chi connectivity index (χ0n) is 10.6. The van der Waals surface area contributed by atoms with Gasteiger partial charge in [-0.1, -0.05) is 36.4 Å². The molecule has 3 aromatic rings. The molecule has 2 nitrogen and oxygen atoms in total. The average molecular weight is 246 g/mol. The van der Waals surface area contributed by atoms with E-state index < -0.39 is 0 Å². The Morgan fingerprint density at radius 3 is 2.84 bits per heavy atom. The van der Waals surface area contributed by atoms with E-state index >= 15 is 0 Å². The molecular weight excluding hydrogens is 232 g/mol. The number of nitrogens with zero attached hydrogens (tertiary/aromatic N) is 1. The predicted molar refractivity (Wildman–Crippen MR) is 77.5 cm³/mol. The lowest BCUT2D eigenvalue weighted by molar-refractivity contribution is 1.16. The Morgan fingerprint density at radius 1 is 1.00 bits per heavy atom. The number of hydrogen-bond acceptors (Lipinski definition) is 1. The quantitative estimate of drug-likeness (QED) is 0.718. The van der Waals surface area contributed by atoms with Gasteiger partial charge in [0, 0.05) is 22.3 Å². The van der Waals surface area contributed by atoms with Crippen LogP contribution in [0.3, 0.4) is 0 Å². The maximum absolute atomic E-state index is 4.59. The Balaban J connectivity index is 1.84. The number of nitrogens with one attached hydrogen (secondary N) is 1. The average Bonchev–Trinajstić information content (AvgIpc) is 3.05. The molecule has 1 N–H and O–H groups in total. The van der Waals surface area contributed by atoms with Gasteiger partial charge < -0.3 is 4.98 Å². The summed E-state index contributed by atoms with van der Waals surface area (Å²) in [7, 11) is 0. The Morgan fingerprint density at radius 2 is 1.84 bits per heavy atom. The summed E-state index contributed by atoms with van der Waals surface area (Å²) in [4.78, 5) is 7.94. The van der Waals surface area contributed by atoms with Crippen LogP contribution < -0.4 is 10.6 Å². The number of H-pyrrole nitrogens is 1. The highest BCUT2D eigenvalue weighted by atomic mass is 14.7. The molecule has 2 heteroatoms. The van der Waals surface area contributed by atoms with Crippen LogP contribution in [0.1, 0.15) is 5.56 Å². The second kappa shape index (κ2) is 4.09. The number of rotatable bonds is 2. The fourth-order valence-electron chi connectivity index (χ4n) is 2.84. The summed E-state index contributed by atoms with van der Waals surface area (Å²) in [5.74, 6) is 0. The first kappa shape index (κ1) is 10.6. The molecule has 0 radical (unpaired) electrons. The van der Waals surface area contributed by atoms with Gasteiger partial charge in [0.15, 0.2) is 0 Å². The molecule has 19 heavy (non-hydrogen) atoms. The molecule has 4 rings (SSSR count). The Labute approximate surface area is 111 Å². The summed E-state index contributed by atoms with van der Waals surface area (Å²) in [6, 6.07) is 16.9. The second-order valence-electron chi connectivity index (χ2n) is 4.97. The number of hydrogen-bond donors (Lipinski definition) is 1. The number of benzene rings is 2. The van der Waals surface area contributed by atoms with E-state index in [1.54, 1.807) is 0 Å². The third-order valence-corrected chi connectivity index (χ3v) is 3.80. The molecule has 0 saturated carbocycles. The van der Waals surface area contributed by atoms with Crippen molar-refractivity contribution >= 4 is 16.5 Å². The van der Waals surface area contributed by atoms with Gasteiger partial charge in [0.2, 0.25) is 0 Å². The van der Waals surface area contributed by atoms with Gasteiger partial charge in [0.05, 0.1) is 11.9 Å². The number of para-hydroxylation sites is 2. The van der Waals surface area contributed by atoms with Crippen molar-refractivity contribution in [1.29, 1.82) is 0 Å². The van der Waals surface area contributed by atoms with Crippen molar-refractivity contribution in [3.05, 3.63) is 70.9 Å². The molecule has 0 amide bonds. The Bertz CT molecular complexity index is 871. The van der Waals surface area contributed by atoms with Crippen molar-refractivity contribution in [2.24, 2.45) is 4.99 Å². The lowest BCUT2D eigenvalue weighted by atomic mass is 10.0. The Kier molecular flexibility index (Phi) is 2.27. The summed E-state index contributed by atoms with van der Waals surface area (Å²) < 4.78 is 0. The monoisotopic (exact) mass is 246 g/mol. The van der Waals surface area contributed by atoms with Gasteiger partial charge in [-0.3, -0.25) is 4.99 Å². The fourth-order valence-corrected chi connectivity index (χ4v) is 2.84. The van der Waals surface area contributed by atoms with Gasteiger partial charge in [-0.2, -0.15) is 0 Å². The molecule has 2 heterocycles. The highest BCUT2D eigenvalue weighted by Gasteiger charge is 2.09. The number of aromatic amines is 1. The molecule has 0 aliphatic carbocycles. The SMILES string of the molecule is c1ccc2c(c1)=NCC=2Cc1c[nH]c2ccccc12. The normalized spacial score (nSPS) is 13.6. The van der Waals surface area contributed by atoms with E-state index in [-0.39, 0.29) is 0 Å². The summed E-state index contributed by atoms with van der Waals surface area (Å²) in [6.07, 6.45) is 3.10. The lowest BCUT2D eigenvalue weighted by Gasteiger charge is -2.00. The van der Waals surface area contributed by atoms with Crippen LogP contribution in [0.4, 0.5) is 0 Å². The molecule has 0 unspecified atom stereocenters. The van der Waals surface area contributed by atoms with Crippen molar-refractivity contribution < 1.29 is 0 Å². The first-order valence-corrected chi connectivity index (χ1v) is 6.58. The van der Waals surface area contributed by atoms with E-state index in [0.717, 1.165) is 18.3 Å². The van der Waals surface area contributed by atoms with E-state index in [1.807, 2.05) is 0 Å². The molecule has 1 aromatic heterocycles. The highest BCUT2D eigenvalue weighted by Crippen LogP contribution is 2.20. The molecule has 1 aliphatic heterocycles. The highest BCUT2D eigenvalue weighted by molar-refractivity contribution is 5.84. The van der Waals surface area contributed by atoms with Crippen molar-refractivity contribution in [3.63, 3.8) is 0 Å². The van der Waals surface area contributed by atoms with E-state index in [4.69, 9.17) is 0 Å². The number of aromatic nitrogens is 1. The van der Waals surface area contributed by atoms with Gasteiger partial charge >= 0.3 is 0 Å². The maximum atomic E-state index is 4.59. The minimum Gasteiger partial charge on any atom is -0.361 e. The van der Waals surface area contributed by atoms with Crippen molar-refractivity contribution in [2.75, 3.05) is 6.54 Å². The van der Waals surface area contributed by atoms with Crippen molar-refractivity contribution in [3.8, 4) is 0 Å². The van der Waals surface area contributed by atoms with Crippen LogP contribution in [0.5, 0.6) is 0 Å². The van der Waals surface area contributed by atoms with E-state index in [0.29, 0.717) is 0 Å². The topological polar surface area (TPSA) is 28.1 Å². The van der Waals surface area contributed by atoms with E-state index in [9.17, 15) is 0 Å². The molecule has 2 aromatic carbocycles. The summed E-state index contributed by atoms with van der Waals surface area (Å²) in [6.45, 7) is 0.832. The minimum atomic E-state index is 0.832. The van der Waals surface area contributed by atoms with E-state index in [2.05, 4.69) is 64.7 Å². The van der Waals surface area contributed by atoms with Crippen molar-refractivity contribution in [2.45, 2.75) is 6.42 Å². The summed E-state index contributed by atoms with van der Waals surface area (Å²) in [5.41, 5.74) is 3.99. The molecule has 0 fully saturated rings. The second-order valence-corrected chi connectivity index (χ2v) is 4.97.